The fourth-order valence-electron chi connectivity index (χ4n) is 1.21. The lowest BCUT2D eigenvalue weighted by molar-refractivity contribution is -0.384. The molecule has 9 nitrogen and oxygen atoms in total. The van der Waals surface area contributed by atoms with Crippen molar-refractivity contribution in [3.8, 4) is 5.82 Å². The van der Waals surface area contributed by atoms with E-state index >= 15 is 0 Å². The van der Waals surface area contributed by atoms with Crippen LogP contribution in [0.2, 0.25) is 0 Å². The summed E-state index contributed by atoms with van der Waals surface area (Å²) in [7, 11) is -3.81. The number of nitrogens with two attached hydrogens (primary N) is 1. The van der Waals surface area contributed by atoms with Crippen molar-refractivity contribution in [3.63, 3.8) is 0 Å². The molecule has 2 aromatic rings. The number of sulfonamides is 1. The van der Waals surface area contributed by atoms with Crippen LogP contribution in [0.3, 0.4) is 0 Å². The lowest BCUT2D eigenvalue weighted by Crippen LogP contribution is -2.12. The average molecular weight is 269 g/mol. The smallest absolute Gasteiger partial charge is 0.258 e. The van der Waals surface area contributed by atoms with E-state index in [4.69, 9.17) is 5.14 Å². The SMILES string of the molecule is NS(=O)(=O)c1ccc(-n2cc([N+](=O)[O-])cn2)nc1. The molecular formula is C8H7N5O4S. The summed E-state index contributed by atoms with van der Waals surface area (Å²) in [6, 6.07) is 2.58. The summed E-state index contributed by atoms with van der Waals surface area (Å²) >= 11 is 0. The highest BCUT2D eigenvalue weighted by atomic mass is 32.2. The summed E-state index contributed by atoms with van der Waals surface area (Å²) in [5.74, 6) is 0.246. The highest BCUT2D eigenvalue weighted by molar-refractivity contribution is 7.89. The maximum absolute atomic E-state index is 11.0. The Labute approximate surface area is 101 Å². The predicted octanol–water partition coefficient (Wildman–Crippen LogP) is -0.177. The van der Waals surface area contributed by atoms with E-state index in [0.29, 0.717) is 0 Å². The lowest BCUT2D eigenvalue weighted by Gasteiger charge is -2.00. The molecule has 2 rings (SSSR count). The monoisotopic (exact) mass is 269 g/mol. The zero-order valence-electron chi connectivity index (χ0n) is 8.79. The highest BCUT2D eigenvalue weighted by Crippen LogP contribution is 2.13. The summed E-state index contributed by atoms with van der Waals surface area (Å²) in [5.41, 5.74) is -0.188. The Balaban J connectivity index is 2.37. The van der Waals surface area contributed by atoms with E-state index in [0.717, 1.165) is 17.1 Å². The first-order valence-corrected chi connectivity index (χ1v) is 6.11. The number of hydrogen-bond acceptors (Lipinski definition) is 6. The van der Waals surface area contributed by atoms with Crippen molar-refractivity contribution >= 4 is 15.7 Å². The molecular weight excluding hydrogens is 262 g/mol. The van der Waals surface area contributed by atoms with E-state index in [1.54, 1.807) is 0 Å². The lowest BCUT2D eigenvalue weighted by atomic mass is 10.4. The molecule has 0 unspecified atom stereocenters. The Hall–Kier alpha value is -2.33. The summed E-state index contributed by atoms with van der Waals surface area (Å²) < 4.78 is 23.2. The van der Waals surface area contributed by atoms with Crippen LogP contribution in [0.1, 0.15) is 0 Å². The van der Waals surface area contributed by atoms with Crippen LogP contribution < -0.4 is 5.14 Å². The first-order valence-electron chi connectivity index (χ1n) is 4.56. The van der Waals surface area contributed by atoms with Crippen molar-refractivity contribution in [1.29, 1.82) is 0 Å². The minimum atomic E-state index is -3.81. The first-order chi connectivity index (χ1) is 8.38. The Bertz CT molecular complexity index is 691. The van der Waals surface area contributed by atoms with Crippen molar-refractivity contribution in [1.82, 2.24) is 14.8 Å². The number of rotatable bonds is 3. The molecule has 0 aliphatic carbocycles. The van der Waals surface area contributed by atoms with Gasteiger partial charge in [-0.1, -0.05) is 0 Å². The van der Waals surface area contributed by atoms with Gasteiger partial charge in [-0.25, -0.2) is 23.2 Å². The van der Waals surface area contributed by atoms with E-state index in [2.05, 4.69) is 10.1 Å². The molecule has 2 aromatic heterocycles. The molecule has 0 aromatic carbocycles. The molecule has 18 heavy (non-hydrogen) atoms. The van der Waals surface area contributed by atoms with Gasteiger partial charge in [0.2, 0.25) is 10.0 Å². The molecule has 0 atom stereocenters. The van der Waals surface area contributed by atoms with Crippen LogP contribution in [0.4, 0.5) is 5.69 Å². The van der Waals surface area contributed by atoms with E-state index in [9.17, 15) is 18.5 Å². The molecule has 0 bridgehead atoms. The van der Waals surface area contributed by atoms with Gasteiger partial charge < -0.3 is 0 Å². The van der Waals surface area contributed by atoms with E-state index < -0.39 is 14.9 Å². The second-order valence-electron chi connectivity index (χ2n) is 3.30. The molecule has 0 saturated heterocycles. The topological polar surface area (TPSA) is 134 Å². The van der Waals surface area contributed by atoms with Crippen molar-refractivity contribution in [2.24, 2.45) is 5.14 Å². The maximum atomic E-state index is 11.0. The van der Waals surface area contributed by atoms with E-state index in [1.165, 1.54) is 18.3 Å². The van der Waals surface area contributed by atoms with Gasteiger partial charge in [-0.05, 0) is 12.1 Å². The van der Waals surface area contributed by atoms with Crippen molar-refractivity contribution in [3.05, 3.63) is 40.8 Å². The van der Waals surface area contributed by atoms with E-state index in [-0.39, 0.29) is 16.4 Å². The molecule has 0 fully saturated rings. The fraction of sp³-hybridized carbons (Fsp3) is 0. The number of primary sulfonamides is 1. The van der Waals surface area contributed by atoms with Crippen LogP contribution >= 0.6 is 0 Å². The normalized spacial score (nSPS) is 11.4. The van der Waals surface area contributed by atoms with Gasteiger partial charge in [0.15, 0.2) is 5.82 Å². The Kier molecular flexibility index (Phi) is 2.80. The number of hydrogen-bond donors (Lipinski definition) is 1. The first kappa shape index (κ1) is 12.1. The second kappa shape index (κ2) is 4.16. The van der Waals surface area contributed by atoms with Gasteiger partial charge in [0.1, 0.15) is 17.3 Å². The number of aromatic nitrogens is 3. The minimum absolute atomic E-state index is 0.145. The Morgan fingerprint density at radius 3 is 2.50 bits per heavy atom. The van der Waals surface area contributed by atoms with E-state index in [1.807, 2.05) is 0 Å². The largest absolute Gasteiger partial charge is 0.307 e. The second-order valence-corrected chi connectivity index (χ2v) is 4.86. The van der Waals surface area contributed by atoms with Gasteiger partial charge >= 0.3 is 5.69 Å². The molecule has 0 saturated carbocycles. The zero-order valence-corrected chi connectivity index (χ0v) is 9.61. The van der Waals surface area contributed by atoms with Crippen molar-refractivity contribution in [2.45, 2.75) is 4.90 Å². The molecule has 0 radical (unpaired) electrons. The third-order valence-corrected chi connectivity index (χ3v) is 2.96. The molecule has 0 spiro atoms. The number of nitro groups is 1. The standard InChI is InChI=1S/C8H7N5O4S/c9-18(16,17)7-1-2-8(10-4-7)12-5-6(3-11-12)13(14)15/h1-5H,(H2,9,16,17). The third-order valence-electron chi connectivity index (χ3n) is 2.06. The summed E-state index contributed by atoms with van der Waals surface area (Å²) in [5, 5.41) is 19.1. The molecule has 0 aliphatic heterocycles. The Morgan fingerprint density at radius 2 is 2.06 bits per heavy atom. The molecule has 2 N–H and O–H groups in total. The van der Waals surface area contributed by atoms with Crippen LogP contribution in [0.15, 0.2) is 35.6 Å². The highest BCUT2D eigenvalue weighted by Gasteiger charge is 2.12. The van der Waals surface area contributed by atoms with Crippen LogP contribution in [0.5, 0.6) is 0 Å². The van der Waals surface area contributed by atoms with Gasteiger partial charge in [0.25, 0.3) is 0 Å². The van der Waals surface area contributed by atoms with Crippen LogP contribution in [0, 0.1) is 10.1 Å². The fourth-order valence-corrected chi connectivity index (χ4v) is 1.67. The number of pyridine rings is 1. The zero-order chi connectivity index (χ0) is 13.3. The maximum Gasteiger partial charge on any atom is 0.307 e. The van der Waals surface area contributed by atoms with Gasteiger partial charge in [0, 0.05) is 6.20 Å². The van der Waals surface area contributed by atoms with Gasteiger partial charge in [0.05, 0.1) is 4.92 Å². The van der Waals surface area contributed by atoms with Crippen LogP contribution in [0.25, 0.3) is 5.82 Å². The number of nitrogens with zero attached hydrogens (tertiary/aromatic N) is 4. The third kappa shape index (κ3) is 2.33. The van der Waals surface area contributed by atoms with Gasteiger partial charge in [-0.15, -0.1) is 0 Å². The predicted molar refractivity (Wildman–Crippen MR) is 59.4 cm³/mol. The summed E-state index contributed by atoms with van der Waals surface area (Å²) in [4.78, 5) is 13.5. The van der Waals surface area contributed by atoms with Crippen molar-refractivity contribution in [2.75, 3.05) is 0 Å². The molecule has 2 heterocycles. The summed E-state index contributed by atoms with van der Waals surface area (Å²) in [6.07, 6.45) is 3.28. The minimum Gasteiger partial charge on any atom is -0.258 e. The van der Waals surface area contributed by atoms with Crippen LogP contribution in [-0.4, -0.2) is 28.1 Å². The molecule has 94 valence electrons. The Morgan fingerprint density at radius 1 is 1.33 bits per heavy atom. The molecule has 0 amide bonds. The molecule has 0 aliphatic rings. The average Bonchev–Trinajstić information content (AvgIpc) is 2.77. The van der Waals surface area contributed by atoms with Gasteiger partial charge in [-0.2, -0.15) is 5.10 Å². The van der Waals surface area contributed by atoms with Crippen LogP contribution in [-0.2, 0) is 10.0 Å². The van der Waals surface area contributed by atoms with Crippen molar-refractivity contribution < 1.29 is 13.3 Å². The summed E-state index contributed by atoms with van der Waals surface area (Å²) in [6.45, 7) is 0. The molecule has 10 heteroatoms. The quantitative estimate of drug-likeness (QED) is 0.606. The van der Waals surface area contributed by atoms with Gasteiger partial charge in [-0.3, -0.25) is 10.1 Å².